The number of benzene rings is 1. The summed E-state index contributed by atoms with van der Waals surface area (Å²) in [6.07, 6.45) is 0.0167. The Kier molecular flexibility index (Phi) is 3.83. The van der Waals surface area contributed by atoms with Gasteiger partial charge in [-0.15, -0.1) is 11.3 Å². The highest BCUT2D eigenvalue weighted by Gasteiger charge is 2.09. The lowest BCUT2D eigenvalue weighted by atomic mass is 10.1. The highest BCUT2D eigenvalue weighted by atomic mass is 32.1. The monoisotopic (exact) mass is 274 g/mol. The lowest BCUT2D eigenvalue weighted by Crippen LogP contribution is -1.97. The summed E-state index contributed by atoms with van der Waals surface area (Å²) in [5.41, 5.74) is 0.713. The smallest absolute Gasteiger partial charge is 0.345 e. The van der Waals surface area contributed by atoms with E-state index < -0.39 is 11.9 Å². The molecule has 0 radical (unpaired) electrons. The van der Waals surface area contributed by atoms with Gasteiger partial charge in [0.15, 0.2) is 0 Å². The van der Waals surface area contributed by atoms with E-state index >= 15 is 0 Å². The van der Waals surface area contributed by atoms with Gasteiger partial charge in [-0.2, -0.15) is 0 Å². The van der Waals surface area contributed by atoms with E-state index in [0.29, 0.717) is 5.56 Å². The largest absolute Gasteiger partial charge is 0.477 e. The Bertz CT molecular complexity index is 703. The number of carbonyl (C=O) groups excluding carboxylic acids is 1. The predicted octanol–water partition coefficient (Wildman–Crippen LogP) is 2.51. The molecule has 2 aromatic rings. The summed E-state index contributed by atoms with van der Waals surface area (Å²) in [5, 5.41) is 9.76. The van der Waals surface area contributed by atoms with Crippen molar-refractivity contribution < 1.29 is 19.4 Å². The Hall–Kier alpha value is -2.32. The molecule has 0 aliphatic rings. The minimum absolute atomic E-state index is 0.0167. The summed E-state index contributed by atoms with van der Waals surface area (Å²) in [6.45, 7) is 0. The van der Waals surface area contributed by atoms with Crippen LogP contribution in [-0.2, 0) is 9.53 Å². The lowest BCUT2D eigenvalue weighted by Gasteiger charge is -1.93. The molecule has 1 N–H and O–H groups in total. The third kappa shape index (κ3) is 2.92. The molecule has 0 bridgehead atoms. The Morgan fingerprint density at radius 3 is 2.89 bits per heavy atom. The number of hydrogen-bond donors (Lipinski definition) is 1. The van der Waals surface area contributed by atoms with E-state index in [0.717, 1.165) is 10.1 Å². The summed E-state index contributed by atoms with van der Waals surface area (Å²) < 4.78 is 5.36. The number of hydrogen-bond acceptors (Lipinski definition) is 4. The van der Waals surface area contributed by atoms with Crippen molar-refractivity contribution in [3.05, 3.63) is 34.7 Å². The fourth-order valence-corrected chi connectivity index (χ4v) is 2.49. The highest BCUT2D eigenvalue weighted by molar-refractivity contribution is 7.20. The second-order valence-electron chi connectivity index (χ2n) is 3.69. The van der Waals surface area contributed by atoms with Gasteiger partial charge in [-0.3, -0.25) is 4.79 Å². The first-order valence-corrected chi connectivity index (χ1v) is 6.25. The first-order valence-electron chi connectivity index (χ1n) is 5.43. The number of fused-ring (bicyclic) bond motifs is 1. The number of aromatic carboxylic acids is 1. The average molecular weight is 274 g/mol. The molecule has 1 aromatic heterocycles. The number of thiophene rings is 1. The van der Waals surface area contributed by atoms with Crippen LogP contribution in [0.1, 0.15) is 21.7 Å². The molecule has 1 aromatic carbocycles. The number of rotatable bonds is 2. The van der Waals surface area contributed by atoms with Gasteiger partial charge < -0.3 is 9.84 Å². The zero-order valence-corrected chi connectivity index (χ0v) is 10.9. The number of carbonyl (C=O) groups is 2. The number of carboxylic acids is 1. The van der Waals surface area contributed by atoms with Crippen LogP contribution in [0.2, 0.25) is 0 Å². The number of methoxy groups -OCH3 is 1. The van der Waals surface area contributed by atoms with E-state index in [9.17, 15) is 9.59 Å². The van der Waals surface area contributed by atoms with Crippen LogP contribution in [0.3, 0.4) is 0 Å². The Morgan fingerprint density at radius 2 is 2.21 bits per heavy atom. The van der Waals surface area contributed by atoms with Crippen LogP contribution in [0.25, 0.3) is 10.1 Å². The van der Waals surface area contributed by atoms with Crippen molar-refractivity contribution in [1.82, 2.24) is 0 Å². The Morgan fingerprint density at radius 1 is 1.42 bits per heavy atom. The minimum atomic E-state index is -0.949. The van der Waals surface area contributed by atoms with Gasteiger partial charge in [0.05, 0.1) is 7.11 Å². The molecular weight excluding hydrogens is 264 g/mol. The third-order valence-corrected chi connectivity index (χ3v) is 3.54. The van der Waals surface area contributed by atoms with E-state index in [4.69, 9.17) is 5.11 Å². The maximum atomic E-state index is 11.0. The Labute approximate surface area is 113 Å². The van der Waals surface area contributed by atoms with Crippen LogP contribution in [0.5, 0.6) is 0 Å². The van der Waals surface area contributed by atoms with Gasteiger partial charge >= 0.3 is 11.9 Å². The quantitative estimate of drug-likeness (QED) is 0.675. The molecule has 0 aliphatic heterocycles. The molecule has 19 heavy (non-hydrogen) atoms. The van der Waals surface area contributed by atoms with Gasteiger partial charge in [0.2, 0.25) is 0 Å². The molecule has 0 aliphatic carbocycles. The topological polar surface area (TPSA) is 63.6 Å². The molecule has 0 amide bonds. The van der Waals surface area contributed by atoms with Gasteiger partial charge in [0, 0.05) is 15.6 Å². The molecule has 2 rings (SSSR count). The van der Waals surface area contributed by atoms with Gasteiger partial charge in [0.25, 0.3) is 0 Å². The fourth-order valence-electron chi connectivity index (χ4n) is 1.56. The maximum absolute atomic E-state index is 11.0. The van der Waals surface area contributed by atoms with Crippen molar-refractivity contribution in [3.8, 4) is 11.8 Å². The third-order valence-electron chi connectivity index (χ3n) is 2.46. The molecule has 5 heteroatoms. The molecule has 0 atom stereocenters. The van der Waals surface area contributed by atoms with Crippen molar-refractivity contribution in [2.75, 3.05) is 7.11 Å². The summed E-state index contributed by atoms with van der Waals surface area (Å²) in [6, 6.07) is 7.06. The van der Waals surface area contributed by atoms with Crippen molar-refractivity contribution in [3.63, 3.8) is 0 Å². The first kappa shape index (κ1) is 13.1. The van der Waals surface area contributed by atoms with Gasteiger partial charge in [-0.05, 0) is 18.2 Å². The van der Waals surface area contributed by atoms with Crippen LogP contribution in [0, 0.1) is 11.8 Å². The maximum Gasteiger partial charge on any atom is 0.345 e. The molecule has 0 saturated carbocycles. The second-order valence-corrected chi connectivity index (χ2v) is 4.77. The number of ether oxygens (including phenoxy) is 1. The van der Waals surface area contributed by atoms with Crippen molar-refractivity contribution in [1.29, 1.82) is 0 Å². The minimum Gasteiger partial charge on any atom is -0.477 e. The van der Waals surface area contributed by atoms with E-state index in [1.165, 1.54) is 18.4 Å². The molecule has 0 fully saturated rings. The zero-order valence-electron chi connectivity index (χ0n) is 10.1. The van der Waals surface area contributed by atoms with Crippen LogP contribution in [0.15, 0.2) is 24.3 Å². The summed E-state index contributed by atoms with van der Waals surface area (Å²) in [4.78, 5) is 22.2. The first-order chi connectivity index (χ1) is 9.11. The summed E-state index contributed by atoms with van der Waals surface area (Å²) in [5.74, 6) is 4.24. The molecule has 0 spiro atoms. The normalized spacial score (nSPS) is 9.74. The summed E-state index contributed by atoms with van der Waals surface area (Å²) in [7, 11) is 1.31. The van der Waals surface area contributed by atoms with Crippen LogP contribution < -0.4 is 0 Å². The van der Waals surface area contributed by atoms with Crippen LogP contribution in [0.4, 0.5) is 0 Å². The zero-order chi connectivity index (χ0) is 13.8. The van der Waals surface area contributed by atoms with Crippen LogP contribution in [-0.4, -0.2) is 24.2 Å². The molecule has 0 unspecified atom stereocenters. The highest BCUT2D eigenvalue weighted by Crippen LogP contribution is 2.28. The molecule has 96 valence electrons. The van der Waals surface area contributed by atoms with E-state index in [1.807, 2.05) is 12.1 Å². The van der Waals surface area contributed by atoms with E-state index in [1.54, 1.807) is 12.1 Å². The molecule has 4 nitrogen and oxygen atoms in total. The van der Waals surface area contributed by atoms with Crippen LogP contribution >= 0.6 is 11.3 Å². The van der Waals surface area contributed by atoms with Gasteiger partial charge in [-0.25, -0.2) is 4.79 Å². The van der Waals surface area contributed by atoms with Crippen molar-refractivity contribution >= 4 is 33.4 Å². The van der Waals surface area contributed by atoms with E-state index in [2.05, 4.69) is 16.6 Å². The fraction of sp³-hybridized carbons (Fsp3) is 0.143. The average Bonchev–Trinajstić information content (AvgIpc) is 2.83. The van der Waals surface area contributed by atoms with Gasteiger partial charge in [-0.1, -0.05) is 17.9 Å². The Balaban J connectivity index is 2.38. The second kappa shape index (κ2) is 5.55. The molecule has 0 saturated heterocycles. The lowest BCUT2D eigenvalue weighted by molar-refractivity contribution is -0.139. The summed E-state index contributed by atoms with van der Waals surface area (Å²) >= 11 is 1.20. The van der Waals surface area contributed by atoms with Crippen molar-refractivity contribution in [2.45, 2.75) is 6.42 Å². The SMILES string of the molecule is COC(=O)CC#Cc1cccc2sc(C(=O)O)cc12. The number of carboxylic acid groups (broad SMARTS) is 1. The molecule has 1 heterocycles. The van der Waals surface area contributed by atoms with Gasteiger partial charge in [0.1, 0.15) is 11.3 Å². The standard InChI is InChI=1S/C14H10O4S/c1-18-13(15)7-3-5-9-4-2-6-11-10(9)8-12(19-11)14(16)17/h2,4,6,8H,7H2,1H3,(H,16,17). The van der Waals surface area contributed by atoms with E-state index in [-0.39, 0.29) is 11.3 Å². The predicted molar refractivity (Wildman–Crippen MR) is 72.3 cm³/mol. The molecular formula is C14H10O4S. The number of esters is 1. The van der Waals surface area contributed by atoms with Crippen molar-refractivity contribution in [2.24, 2.45) is 0 Å².